The van der Waals surface area contributed by atoms with Crippen LogP contribution in [0.2, 0.25) is 0 Å². The second kappa shape index (κ2) is 4.87. The average Bonchev–Trinajstić information content (AvgIpc) is 2.68. The van der Waals surface area contributed by atoms with E-state index in [1.807, 2.05) is 24.4 Å². The molecule has 0 saturated carbocycles. The zero-order valence-electron chi connectivity index (χ0n) is 10.3. The molecular weight excluding hydrogens is 230 g/mol. The molecule has 6 heteroatoms. The van der Waals surface area contributed by atoms with Gasteiger partial charge in [-0.15, -0.1) is 0 Å². The first-order valence-corrected chi connectivity index (χ1v) is 5.65. The van der Waals surface area contributed by atoms with Gasteiger partial charge < -0.3 is 5.73 Å². The van der Waals surface area contributed by atoms with Crippen LogP contribution in [0.5, 0.6) is 0 Å². The van der Waals surface area contributed by atoms with Crippen molar-refractivity contribution in [2.45, 2.75) is 19.8 Å². The molecule has 0 radical (unpaired) electrons. The summed E-state index contributed by atoms with van der Waals surface area (Å²) < 4.78 is 1.79. The van der Waals surface area contributed by atoms with Gasteiger partial charge >= 0.3 is 6.03 Å². The SMILES string of the molecule is CC(C)c1nn2ccccc2c1C=NNC(N)=O. The summed E-state index contributed by atoms with van der Waals surface area (Å²) in [6.45, 7) is 4.11. The van der Waals surface area contributed by atoms with Crippen molar-refractivity contribution in [2.75, 3.05) is 0 Å². The molecule has 0 aliphatic carbocycles. The van der Waals surface area contributed by atoms with E-state index in [1.54, 1.807) is 10.7 Å². The number of nitrogens with one attached hydrogen (secondary N) is 1. The summed E-state index contributed by atoms with van der Waals surface area (Å²) >= 11 is 0. The molecule has 0 fully saturated rings. The number of amides is 2. The summed E-state index contributed by atoms with van der Waals surface area (Å²) in [4.78, 5) is 10.6. The van der Waals surface area contributed by atoms with E-state index in [0.717, 1.165) is 16.8 Å². The first kappa shape index (κ1) is 12.1. The third-order valence-electron chi connectivity index (χ3n) is 2.52. The van der Waals surface area contributed by atoms with E-state index in [4.69, 9.17) is 5.73 Å². The fourth-order valence-corrected chi connectivity index (χ4v) is 1.76. The largest absolute Gasteiger partial charge is 0.350 e. The Balaban J connectivity index is 2.48. The number of pyridine rings is 1. The van der Waals surface area contributed by atoms with Gasteiger partial charge in [-0.2, -0.15) is 10.2 Å². The lowest BCUT2D eigenvalue weighted by Gasteiger charge is -2.00. The van der Waals surface area contributed by atoms with Crippen LogP contribution in [-0.4, -0.2) is 21.9 Å². The van der Waals surface area contributed by atoms with Crippen LogP contribution >= 0.6 is 0 Å². The van der Waals surface area contributed by atoms with Crippen LogP contribution in [0.25, 0.3) is 5.52 Å². The highest BCUT2D eigenvalue weighted by Gasteiger charge is 2.13. The molecule has 2 heterocycles. The van der Waals surface area contributed by atoms with E-state index in [9.17, 15) is 4.79 Å². The monoisotopic (exact) mass is 245 g/mol. The molecule has 0 aliphatic heterocycles. The van der Waals surface area contributed by atoms with Crippen molar-refractivity contribution in [2.24, 2.45) is 10.8 Å². The number of hydrogen-bond acceptors (Lipinski definition) is 3. The summed E-state index contributed by atoms with van der Waals surface area (Å²) in [6.07, 6.45) is 3.45. The Morgan fingerprint density at radius 2 is 2.33 bits per heavy atom. The van der Waals surface area contributed by atoms with Crippen molar-refractivity contribution in [1.29, 1.82) is 0 Å². The maximum absolute atomic E-state index is 10.6. The number of carbonyl (C=O) groups is 1. The zero-order valence-corrected chi connectivity index (χ0v) is 10.3. The lowest BCUT2D eigenvalue weighted by atomic mass is 10.1. The molecule has 2 aromatic rings. The normalized spacial score (nSPS) is 11.5. The molecule has 0 spiro atoms. The minimum atomic E-state index is -0.686. The molecule has 0 saturated heterocycles. The molecule has 0 aromatic carbocycles. The van der Waals surface area contributed by atoms with E-state index in [-0.39, 0.29) is 5.92 Å². The van der Waals surface area contributed by atoms with Crippen molar-refractivity contribution in [3.8, 4) is 0 Å². The Kier molecular flexibility index (Phi) is 3.27. The van der Waals surface area contributed by atoms with Gasteiger partial charge in [0.25, 0.3) is 0 Å². The van der Waals surface area contributed by atoms with Crippen molar-refractivity contribution in [3.05, 3.63) is 35.7 Å². The van der Waals surface area contributed by atoms with Crippen molar-refractivity contribution in [1.82, 2.24) is 15.0 Å². The Morgan fingerprint density at radius 1 is 1.56 bits per heavy atom. The highest BCUT2D eigenvalue weighted by molar-refractivity contribution is 5.91. The van der Waals surface area contributed by atoms with Crippen molar-refractivity contribution >= 4 is 17.8 Å². The number of nitrogens with zero attached hydrogens (tertiary/aromatic N) is 3. The lowest BCUT2D eigenvalue weighted by molar-refractivity contribution is 0.249. The predicted octanol–water partition coefficient (Wildman–Crippen LogP) is 1.46. The van der Waals surface area contributed by atoms with Gasteiger partial charge in [0.15, 0.2) is 0 Å². The molecule has 3 N–H and O–H groups in total. The molecule has 2 amide bonds. The fourth-order valence-electron chi connectivity index (χ4n) is 1.76. The first-order valence-electron chi connectivity index (χ1n) is 5.65. The maximum Gasteiger partial charge on any atom is 0.332 e. The molecule has 6 nitrogen and oxygen atoms in total. The molecule has 18 heavy (non-hydrogen) atoms. The van der Waals surface area contributed by atoms with E-state index in [2.05, 4.69) is 29.5 Å². The van der Waals surface area contributed by atoms with Crippen LogP contribution < -0.4 is 11.2 Å². The van der Waals surface area contributed by atoms with E-state index in [0.29, 0.717) is 0 Å². The van der Waals surface area contributed by atoms with Crippen LogP contribution in [-0.2, 0) is 0 Å². The van der Waals surface area contributed by atoms with Crippen molar-refractivity contribution in [3.63, 3.8) is 0 Å². The molecule has 0 atom stereocenters. The minimum absolute atomic E-state index is 0.264. The second-order valence-electron chi connectivity index (χ2n) is 4.22. The van der Waals surface area contributed by atoms with E-state index >= 15 is 0 Å². The van der Waals surface area contributed by atoms with Gasteiger partial charge in [-0.05, 0) is 18.1 Å². The van der Waals surface area contributed by atoms with Crippen LogP contribution in [0.3, 0.4) is 0 Å². The quantitative estimate of drug-likeness (QED) is 0.633. The van der Waals surface area contributed by atoms with E-state index in [1.165, 1.54) is 0 Å². The van der Waals surface area contributed by atoms with Gasteiger partial charge in [0.2, 0.25) is 0 Å². The number of primary amides is 1. The smallest absolute Gasteiger partial charge is 0.332 e. The number of hydrogen-bond donors (Lipinski definition) is 2. The molecule has 2 aromatic heterocycles. The summed E-state index contributed by atoms with van der Waals surface area (Å²) in [5.41, 5.74) is 9.90. The minimum Gasteiger partial charge on any atom is -0.350 e. The number of aromatic nitrogens is 2. The molecule has 94 valence electrons. The second-order valence-corrected chi connectivity index (χ2v) is 4.22. The number of fused-ring (bicyclic) bond motifs is 1. The van der Waals surface area contributed by atoms with Gasteiger partial charge in [0.1, 0.15) is 0 Å². The van der Waals surface area contributed by atoms with Gasteiger partial charge in [-0.3, -0.25) is 0 Å². The molecule has 0 aliphatic rings. The van der Waals surface area contributed by atoms with Crippen LogP contribution in [0, 0.1) is 0 Å². The summed E-state index contributed by atoms with van der Waals surface area (Å²) in [7, 11) is 0. The van der Waals surface area contributed by atoms with Crippen LogP contribution in [0.15, 0.2) is 29.5 Å². The van der Waals surface area contributed by atoms with Crippen LogP contribution in [0.1, 0.15) is 31.0 Å². The maximum atomic E-state index is 10.6. The molecular formula is C12H15N5O. The van der Waals surface area contributed by atoms with Gasteiger partial charge in [0, 0.05) is 11.8 Å². The highest BCUT2D eigenvalue weighted by atomic mass is 16.2. The molecule has 2 rings (SSSR count). The zero-order chi connectivity index (χ0) is 13.1. The number of carbonyl (C=O) groups excluding carboxylic acids is 1. The fraction of sp³-hybridized carbons (Fsp3) is 0.250. The number of hydrazone groups is 1. The topological polar surface area (TPSA) is 84.8 Å². The van der Waals surface area contributed by atoms with Crippen LogP contribution in [0.4, 0.5) is 4.79 Å². The van der Waals surface area contributed by atoms with Gasteiger partial charge in [-0.1, -0.05) is 19.9 Å². The summed E-state index contributed by atoms with van der Waals surface area (Å²) in [5.74, 6) is 0.264. The number of rotatable bonds is 3. The van der Waals surface area contributed by atoms with E-state index < -0.39 is 6.03 Å². The summed E-state index contributed by atoms with van der Waals surface area (Å²) in [6, 6.07) is 5.10. The van der Waals surface area contributed by atoms with Crippen molar-refractivity contribution < 1.29 is 4.79 Å². The predicted molar refractivity (Wildman–Crippen MR) is 69.6 cm³/mol. The Labute approximate surface area is 104 Å². The van der Waals surface area contributed by atoms with Gasteiger partial charge in [0.05, 0.1) is 17.4 Å². The molecule has 0 bridgehead atoms. The number of urea groups is 1. The lowest BCUT2D eigenvalue weighted by Crippen LogP contribution is -2.24. The number of nitrogens with two attached hydrogens (primary N) is 1. The summed E-state index contributed by atoms with van der Waals surface area (Å²) in [5, 5.41) is 8.30. The highest BCUT2D eigenvalue weighted by Crippen LogP contribution is 2.20. The third kappa shape index (κ3) is 2.32. The van der Waals surface area contributed by atoms with Gasteiger partial charge in [-0.25, -0.2) is 14.7 Å². The Bertz CT molecular complexity index is 600. The average molecular weight is 245 g/mol. The molecule has 0 unspecified atom stereocenters. The Hall–Kier alpha value is -2.37. The standard InChI is InChI=1S/C12H15N5O/c1-8(2)11-9(7-14-15-12(13)18)10-5-3-4-6-17(10)16-11/h3-8H,1-2H3,(H3,13,15,18). The Morgan fingerprint density at radius 3 is 3.00 bits per heavy atom. The third-order valence-corrected chi connectivity index (χ3v) is 2.52. The first-order chi connectivity index (χ1) is 8.59.